The van der Waals surface area contributed by atoms with Gasteiger partial charge in [-0.25, -0.2) is 0 Å². The van der Waals surface area contributed by atoms with E-state index in [0.29, 0.717) is 0 Å². The summed E-state index contributed by atoms with van der Waals surface area (Å²) in [6, 6.07) is 6.85. The Balaban J connectivity index is 2.60. The molecule has 0 atom stereocenters. The van der Waals surface area contributed by atoms with Gasteiger partial charge in [0.05, 0.1) is 34.2 Å². The van der Waals surface area contributed by atoms with Gasteiger partial charge in [-0.1, -0.05) is 6.07 Å². The van der Waals surface area contributed by atoms with Crippen molar-refractivity contribution in [3.63, 3.8) is 0 Å². The van der Waals surface area contributed by atoms with Gasteiger partial charge >= 0.3 is 0 Å². The molecule has 2 aromatic rings. The van der Waals surface area contributed by atoms with Crippen molar-refractivity contribution in [1.82, 2.24) is 0 Å². The lowest BCUT2D eigenvalue weighted by Gasteiger charge is -2.25. The fourth-order valence-corrected chi connectivity index (χ4v) is 3.85. The molecule has 2 rings (SSSR count). The van der Waals surface area contributed by atoms with E-state index in [-0.39, 0.29) is 0 Å². The first-order chi connectivity index (χ1) is 9.73. The van der Waals surface area contributed by atoms with Gasteiger partial charge in [-0.3, -0.25) is 3.11 Å². The first-order valence-electron chi connectivity index (χ1n) is 7.35. The third-order valence-corrected chi connectivity index (χ3v) is 5.69. The summed E-state index contributed by atoms with van der Waals surface area (Å²) in [6.07, 6.45) is 0. The molecule has 0 radical (unpaired) electrons. The molecule has 0 amide bonds. The molecule has 112 valence electrons. The summed E-state index contributed by atoms with van der Waals surface area (Å²) in [5, 5.41) is 0. The minimum atomic E-state index is 1.26. The monoisotopic (exact) mass is 393 g/mol. The maximum Gasteiger partial charge on any atom is 0.0646 e. The first kappa shape index (κ1) is 16.3. The van der Waals surface area contributed by atoms with Crippen LogP contribution in [0.15, 0.2) is 18.2 Å². The highest BCUT2D eigenvalue weighted by Crippen LogP contribution is 2.38. The highest BCUT2D eigenvalue weighted by atomic mass is 127. The highest BCUT2D eigenvalue weighted by Gasteiger charge is 2.16. The second kappa shape index (κ2) is 5.99. The van der Waals surface area contributed by atoms with E-state index in [1.807, 2.05) is 0 Å². The van der Waals surface area contributed by atoms with Crippen LogP contribution in [0.1, 0.15) is 38.9 Å². The Morgan fingerprint density at radius 2 is 1.10 bits per heavy atom. The van der Waals surface area contributed by atoms with E-state index in [1.165, 1.54) is 50.3 Å². The predicted molar refractivity (Wildman–Crippen MR) is 102 cm³/mol. The van der Waals surface area contributed by atoms with Gasteiger partial charge in [0, 0.05) is 0 Å². The topological polar surface area (TPSA) is 3.24 Å². The van der Waals surface area contributed by atoms with Gasteiger partial charge in [-0.05, 0) is 99.5 Å². The normalized spacial score (nSPS) is 10.9. The van der Waals surface area contributed by atoms with Gasteiger partial charge < -0.3 is 0 Å². The van der Waals surface area contributed by atoms with E-state index in [1.54, 1.807) is 0 Å². The van der Waals surface area contributed by atoms with Crippen molar-refractivity contribution in [1.29, 1.82) is 0 Å². The lowest BCUT2D eigenvalue weighted by molar-refractivity contribution is 1.21. The third-order valence-electron chi connectivity index (χ3n) is 4.65. The van der Waals surface area contributed by atoms with Crippen molar-refractivity contribution in [2.75, 3.05) is 3.11 Å². The van der Waals surface area contributed by atoms with Crippen LogP contribution in [0.2, 0.25) is 0 Å². The molecule has 0 unspecified atom stereocenters. The lowest BCUT2D eigenvalue weighted by atomic mass is 9.97. The van der Waals surface area contributed by atoms with Crippen LogP contribution < -0.4 is 3.11 Å². The molecule has 0 saturated heterocycles. The molecule has 0 N–H and O–H groups in total. The van der Waals surface area contributed by atoms with Crippen LogP contribution >= 0.6 is 22.9 Å². The molecule has 0 aliphatic rings. The van der Waals surface area contributed by atoms with Crippen LogP contribution in [0.3, 0.4) is 0 Å². The van der Waals surface area contributed by atoms with E-state index < -0.39 is 0 Å². The fourth-order valence-electron chi connectivity index (χ4n) is 2.83. The summed E-state index contributed by atoms with van der Waals surface area (Å²) < 4.78 is 2.30. The number of rotatable bonds is 2. The van der Waals surface area contributed by atoms with Crippen LogP contribution in [0.4, 0.5) is 11.4 Å². The van der Waals surface area contributed by atoms with Gasteiger partial charge in [0.15, 0.2) is 0 Å². The van der Waals surface area contributed by atoms with Gasteiger partial charge in [-0.2, -0.15) is 0 Å². The van der Waals surface area contributed by atoms with E-state index in [4.69, 9.17) is 0 Å². The van der Waals surface area contributed by atoms with Crippen molar-refractivity contribution < 1.29 is 0 Å². The predicted octanol–water partition coefficient (Wildman–Crippen LogP) is 6.33. The number of halogens is 1. The quantitative estimate of drug-likeness (QED) is 0.426. The average molecular weight is 393 g/mol. The summed E-state index contributed by atoms with van der Waals surface area (Å²) >= 11 is 2.43. The molecule has 0 heterocycles. The molecule has 0 saturated carbocycles. The Morgan fingerprint density at radius 3 is 1.62 bits per heavy atom. The van der Waals surface area contributed by atoms with Crippen LogP contribution in [-0.4, -0.2) is 0 Å². The third kappa shape index (κ3) is 2.96. The molecular formula is C19H24IN. The number of hydrogen-bond donors (Lipinski definition) is 0. The minimum Gasteiger partial charge on any atom is -0.282 e. The minimum absolute atomic E-state index is 1.26. The Kier molecular flexibility index (Phi) is 4.66. The Bertz CT molecular complexity index is 678. The van der Waals surface area contributed by atoms with E-state index in [2.05, 4.69) is 92.6 Å². The number of aryl methyl sites for hydroxylation is 4. The van der Waals surface area contributed by atoms with Gasteiger partial charge in [-0.15, -0.1) is 0 Å². The summed E-state index contributed by atoms with van der Waals surface area (Å²) in [7, 11) is 0. The van der Waals surface area contributed by atoms with Gasteiger partial charge in [0.25, 0.3) is 0 Å². The molecule has 0 bridgehead atoms. The number of nitrogens with zero attached hydrogens (tertiary/aromatic N) is 1. The largest absolute Gasteiger partial charge is 0.282 e. The zero-order valence-corrected chi connectivity index (χ0v) is 16.2. The van der Waals surface area contributed by atoms with Crippen LogP contribution in [0.25, 0.3) is 0 Å². The summed E-state index contributed by atoms with van der Waals surface area (Å²) in [5.74, 6) is 0. The fraction of sp³-hybridized carbons (Fsp3) is 0.368. The maximum atomic E-state index is 2.43. The smallest absolute Gasteiger partial charge is 0.0646 e. The summed E-state index contributed by atoms with van der Waals surface area (Å²) in [4.78, 5) is 0. The Hall–Kier alpha value is -1.03. The number of hydrogen-bond acceptors (Lipinski definition) is 1. The molecule has 0 aliphatic carbocycles. The van der Waals surface area contributed by atoms with Gasteiger partial charge in [0.1, 0.15) is 0 Å². The SMILES string of the molecule is Cc1cc(N(I)c2c(C)cc(C)c(C)c2C)cc(C)c1C. The Morgan fingerprint density at radius 1 is 0.619 bits per heavy atom. The van der Waals surface area contributed by atoms with E-state index in [9.17, 15) is 0 Å². The molecule has 21 heavy (non-hydrogen) atoms. The molecule has 2 heteroatoms. The zero-order valence-electron chi connectivity index (χ0n) is 14.1. The molecule has 2 aromatic carbocycles. The number of benzene rings is 2. The Labute approximate surface area is 142 Å². The van der Waals surface area contributed by atoms with Crippen molar-refractivity contribution in [3.8, 4) is 0 Å². The van der Waals surface area contributed by atoms with Crippen LogP contribution in [0, 0.1) is 48.5 Å². The highest BCUT2D eigenvalue weighted by molar-refractivity contribution is 14.1. The van der Waals surface area contributed by atoms with E-state index >= 15 is 0 Å². The second-order valence-electron chi connectivity index (χ2n) is 6.09. The van der Waals surface area contributed by atoms with Crippen molar-refractivity contribution in [3.05, 3.63) is 57.1 Å². The van der Waals surface area contributed by atoms with Crippen molar-refractivity contribution in [2.45, 2.75) is 48.5 Å². The lowest BCUT2D eigenvalue weighted by Crippen LogP contribution is -2.08. The molecule has 0 aliphatic heterocycles. The van der Waals surface area contributed by atoms with Crippen LogP contribution in [0.5, 0.6) is 0 Å². The van der Waals surface area contributed by atoms with E-state index in [0.717, 1.165) is 0 Å². The molecule has 0 fully saturated rings. The zero-order chi connectivity index (χ0) is 15.9. The molecular weight excluding hydrogens is 369 g/mol. The summed E-state index contributed by atoms with van der Waals surface area (Å²) in [6.45, 7) is 15.4. The number of anilines is 2. The molecule has 0 spiro atoms. The van der Waals surface area contributed by atoms with Gasteiger partial charge in [0.2, 0.25) is 0 Å². The maximum absolute atomic E-state index is 2.43. The summed E-state index contributed by atoms with van der Waals surface area (Å²) in [5.41, 5.74) is 12.1. The molecule has 1 nitrogen and oxygen atoms in total. The second-order valence-corrected chi connectivity index (χ2v) is 7.06. The van der Waals surface area contributed by atoms with Crippen molar-refractivity contribution >= 4 is 34.2 Å². The van der Waals surface area contributed by atoms with Crippen LogP contribution in [-0.2, 0) is 0 Å². The standard InChI is InChI=1S/C19H24IN/c1-11-8-14(4)19(17(7)16(11)6)21(20)18-9-12(2)15(5)13(3)10-18/h8-10H,1-7H3. The average Bonchev–Trinajstić information content (AvgIpc) is 2.41. The molecule has 0 aromatic heterocycles. The van der Waals surface area contributed by atoms with Crippen molar-refractivity contribution in [2.24, 2.45) is 0 Å². The first-order valence-corrected chi connectivity index (χ1v) is 8.31.